The third-order valence-electron chi connectivity index (χ3n) is 3.42. The maximum absolute atomic E-state index is 11.9. The van der Waals surface area contributed by atoms with E-state index in [1.807, 2.05) is 0 Å². The van der Waals surface area contributed by atoms with Crippen LogP contribution in [0.2, 0.25) is 0 Å². The van der Waals surface area contributed by atoms with Gasteiger partial charge in [-0.25, -0.2) is 4.79 Å². The fourth-order valence-corrected chi connectivity index (χ4v) is 3.04. The lowest BCUT2D eigenvalue weighted by Gasteiger charge is -2.15. The SMILES string of the molecule is COC(=O)CCSc1cn([C@H]2C[C@H](O)[C@@H](CO)O2)c(=O)[nH]c1=O. The first kappa shape index (κ1) is 17.7. The number of hydrogen-bond acceptors (Lipinski definition) is 8. The molecule has 2 heterocycles. The summed E-state index contributed by atoms with van der Waals surface area (Å²) in [7, 11) is 1.28. The number of H-pyrrole nitrogens is 1. The molecular weight excluding hydrogens is 328 g/mol. The molecule has 1 aromatic rings. The van der Waals surface area contributed by atoms with Crippen molar-refractivity contribution in [3.05, 3.63) is 27.0 Å². The van der Waals surface area contributed by atoms with E-state index >= 15 is 0 Å². The van der Waals surface area contributed by atoms with Crippen LogP contribution in [-0.4, -0.2) is 57.4 Å². The van der Waals surface area contributed by atoms with Gasteiger partial charge in [0.1, 0.15) is 12.3 Å². The van der Waals surface area contributed by atoms with E-state index in [1.54, 1.807) is 0 Å². The van der Waals surface area contributed by atoms with Crippen LogP contribution in [-0.2, 0) is 14.3 Å². The van der Waals surface area contributed by atoms with Crippen LogP contribution in [0, 0.1) is 0 Å². The van der Waals surface area contributed by atoms with Gasteiger partial charge in [0.15, 0.2) is 0 Å². The first-order valence-electron chi connectivity index (χ1n) is 6.95. The summed E-state index contributed by atoms with van der Waals surface area (Å²) in [6.07, 6.45) is -0.839. The van der Waals surface area contributed by atoms with Crippen LogP contribution in [0.1, 0.15) is 19.1 Å². The molecule has 9 nitrogen and oxygen atoms in total. The zero-order chi connectivity index (χ0) is 17.0. The number of esters is 1. The topological polar surface area (TPSA) is 131 Å². The minimum Gasteiger partial charge on any atom is -0.469 e. The summed E-state index contributed by atoms with van der Waals surface area (Å²) in [5, 5.41) is 18.8. The van der Waals surface area contributed by atoms with Crippen LogP contribution in [0.25, 0.3) is 0 Å². The van der Waals surface area contributed by atoms with E-state index < -0.39 is 35.7 Å². The molecule has 23 heavy (non-hydrogen) atoms. The average molecular weight is 346 g/mol. The van der Waals surface area contributed by atoms with Crippen molar-refractivity contribution >= 4 is 17.7 Å². The molecule has 0 unspecified atom stereocenters. The second kappa shape index (κ2) is 7.77. The van der Waals surface area contributed by atoms with Crippen LogP contribution < -0.4 is 11.2 Å². The van der Waals surface area contributed by atoms with Crippen molar-refractivity contribution in [2.75, 3.05) is 19.5 Å². The van der Waals surface area contributed by atoms with E-state index in [4.69, 9.17) is 9.84 Å². The van der Waals surface area contributed by atoms with Crippen LogP contribution in [0.15, 0.2) is 20.7 Å². The van der Waals surface area contributed by atoms with Crippen LogP contribution in [0.3, 0.4) is 0 Å². The Bertz CT molecular complexity index is 671. The molecule has 1 fully saturated rings. The number of nitrogens with zero attached hydrogens (tertiary/aromatic N) is 1. The van der Waals surface area contributed by atoms with Gasteiger partial charge in [-0.15, -0.1) is 11.8 Å². The first-order chi connectivity index (χ1) is 11.0. The van der Waals surface area contributed by atoms with Gasteiger partial charge < -0.3 is 19.7 Å². The van der Waals surface area contributed by atoms with E-state index in [0.29, 0.717) is 5.75 Å². The number of aromatic amines is 1. The number of methoxy groups -OCH3 is 1. The lowest BCUT2D eigenvalue weighted by Crippen LogP contribution is -2.33. The highest BCUT2D eigenvalue weighted by Crippen LogP contribution is 2.27. The molecule has 1 aliphatic rings. The molecular formula is C13H18N2O7S. The average Bonchev–Trinajstić information content (AvgIpc) is 2.89. The Labute approximate surface area is 135 Å². The number of aliphatic hydroxyl groups excluding tert-OH is 2. The van der Waals surface area contributed by atoms with Crippen molar-refractivity contribution < 1.29 is 24.5 Å². The zero-order valence-corrected chi connectivity index (χ0v) is 13.2. The molecule has 3 N–H and O–H groups in total. The molecule has 0 radical (unpaired) electrons. The van der Waals surface area contributed by atoms with E-state index in [-0.39, 0.29) is 24.3 Å². The predicted octanol–water partition coefficient (Wildman–Crippen LogP) is -1.17. The normalized spacial score (nSPS) is 23.9. The molecule has 128 valence electrons. The molecule has 1 aromatic heterocycles. The van der Waals surface area contributed by atoms with Gasteiger partial charge in [-0.2, -0.15) is 0 Å². The van der Waals surface area contributed by atoms with Gasteiger partial charge in [-0.1, -0.05) is 0 Å². The Morgan fingerprint density at radius 3 is 2.91 bits per heavy atom. The number of hydrogen-bond donors (Lipinski definition) is 3. The van der Waals surface area contributed by atoms with Crippen molar-refractivity contribution in [2.45, 2.75) is 36.2 Å². The Morgan fingerprint density at radius 1 is 1.57 bits per heavy atom. The highest BCUT2D eigenvalue weighted by Gasteiger charge is 2.35. The van der Waals surface area contributed by atoms with Gasteiger partial charge in [0.05, 0.1) is 31.1 Å². The standard InChI is InChI=1S/C13H18N2O7S/c1-21-11(18)2-3-23-9-5-15(13(20)14-12(9)19)10-4-7(17)8(6-16)22-10/h5,7-8,10,16-17H,2-4,6H2,1H3,(H,14,19,20)/t7-,8+,10+/m0/s1. The van der Waals surface area contributed by atoms with E-state index in [0.717, 1.165) is 11.8 Å². The number of carbonyl (C=O) groups excluding carboxylic acids is 1. The molecule has 2 rings (SSSR count). The fraction of sp³-hybridized carbons (Fsp3) is 0.615. The number of aliphatic hydroxyl groups is 2. The number of aromatic nitrogens is 2. The quantitative estimate of drug-likeness (QED) is 0.434. The molecule has 1 aliphatic heterocycles. The number of nitrogens with one attached hydrogen (secondary N) is 1. The van der Waals surface area contributed by atoms with Crippen molar-refractivity contribution in [1.29, 1.82) is 0 Å². The maximum atomic E-state index is 11.9. The van der Waals surface area contributed by atoms with Gasteiger partial charge in [-0.05, 0) is 0 Å². The highest BCUT2D eigenvalue weighted by molar-refractivity contribution is 7.99. The number of thioether (sulfide) groups is 1. The van der Waals surface area contributed by atoms with E-state index in [2.05, 4.69) is 9.72 Å². The summed E-state index contributed by atoms with van der Waals surface area (Å²) >= 11 is 1.11. The minimum absolute atomic E-state index is 0.128. The summed E-state index contributed by atoms with van der Waals surface area (Å²) in [6.45, 7) is -0.365. The van der Waals surface area contributed by atoms with Crippen LogP contribution in [0.5, 0.6) is 0 Å². The number of carbonyl (C=O) groups is 1. The molecule has 0 bridgehead atoms. The van der Waals surface area contributed by atoms with Crippen molar-refractivity contribution in [1.82, 2.24) is 9.55 Å². The third kappa shape index (κ3) is 4.22. The van der Waals surface area contributed by atoms with E-state index in [1.165, 1.54) is 17.9 Å². The molecule has 0 spiro atoms. The Morgan fingerprint density at radius 2 is 2.30 bits per heavy atom. The number of rotatable bonds is 6. The third-order valence-corrected chi connectivity index (χ3v) is 4.43. The van der Waals surface area contributed by atoms with Crippen molar-refractivity contribution in [3.63, 3.8) is 0 Å². The summed E-state index contributed by atoms with van der Waals surface area (Å²) < 4.78 is 11.1. The van der Waals surface area contributed by atoms with E-state index in [9.17, 15) is 19.5 Å². The second-order valence-electron chi connectivity index (χ2n) is 4.95. The summed E-state index contributed by atoms with van der Waals surface area (Å²) in [6, 6.07) is 0. The Kier molecular flexibility index (Phi) is 5.99. The smallest absolute Gasteiger partial charge is 0.330 e. The number of ether oxygens (including phenoxy) is 2. The van der Waals surface area contributed by atoms with Crippen LogP contribution in [0.4, 0.5) is 0 Å². The summed E-state index contributed by atoms with van der Waals surface area (Å²) in [5.74, 6) is -0.0724. The molecule has 3 atom stereocenters. The molecule has 0 saturated carbocycles. The monoisotopic (exact) mass is 346 g/mol. The van der Waals surface area contributed by atoms with Gasteiger partial charge >= 0.3 is 11.7 Å². The predicted molar refractivity (Wildman–Crippen MR) is 80.3 cm³/mol. The fourth-order valence-electron chi connectivity index (χ4n) is 2.18. The Balaban J connectivity index is 2.15. The molecule has 1 saturated heterocycles. The Hall–Kier alpha value is -1.62. The molecule has 10 heteroatoms. The highest BCUT2D eigenvalue weighted by atomic mass is 32.2. The zero-order valence-electron chi connectivity index (χ0n) is 12.4. The maximum Gasteiger partial charge on any atom is 0.330 e. The summed E-state index contributed by atoms with van der Waals surface area (Å²) in [4.78, 5) is 37.2. The molecule has 0 aliphatic carbocycles. The second-order valence-corrected chi connectivity index (χ2v) is 6.09. The van der Waals surface area contributed by atoms with Gasteiger partial charge in [0.2, 0.25) is 0 Å². The molecule has 0 amide bonds. The lowest BCUT2D eigenvalue weighted by atomic mass is 10.2. The summed E-state index contributed by atoms with van der Waals surface area (Å²) in [5.41, 5.74) is -1.22. The first-order valence-corrected chi connectivity index (χ1v) is 7.94. The van der Waals surface area contributed by atoms with Gasteiger partial charge in [-0.3, -0.25) is 19.1 Å². The largest absolute Gasteiger partial charge is 0.469 e. The van der Waals surface area contributed by atoms with Gasteiger partial charge in [0, 0.05) is 18.4 Å². The van der Waals surface area contributed by atoms with Crippen LogP contribution >= 0.6 is 11.8 Å². The minimum atomic E-state index is -0.890. The molecule has 0 aromatic carbocycles. The van der Waals surface area contributed by atoms with Gasteiger partial charge in [0.25, 0.3) is 5.56 Å². The van der Waals surface area contributed by atoms with Crippen molar-refractivity contribution in [2.24, 2.45) is 0 Å². The lowest BCUT2D eigenvalue weighted by molar-refractivity contribution is -0.140. The van der Waals surface area contributed by atoms with Crippen molar-refractivity contribution in [3.8, 4) is 0 Å².